The molecule has 0 atom stereocenters. The quantitative estimate of drug-likeness (QED) is 0.652. The molecule has 116 valence electrons. The van der Waals surface area contributed by atoms with Crippen molar-refractivity contribution < 1.29 is 9.90 Å². The summed E-state index contributed by atoms with van der Waals surface area (Å²) in [6.07, 6.45) is 0. The summed E-state index contributed by atoms with van der Waals surface area (Å²) in [5.74, 6) is -0.473. The van der Waals surface area contributed by atoms with Gasteiger partial charge in [0.1, 0.15) is 0 Å². The molecule has 0 aliphatic heterocycles. The normalized spacial score (nSPS) is 11.4. The summed E-state index contributed by atoms with van der Waals surface area (Å²) >= 11 is 3.32. The van der Waals surface area contributed by atoms with E-state index < -0.39 is 5.91 Å². The number of hydrogen-bond donors (Lipinski definition) is 1. The van der Waals surface area contributed by atoms with E-state index in [-0.39, 0.29) is 5.88 Å². The number of azo groups is 1. The van der Waals surface area contributed by atoms with E-state index in [1.807, 2.05) is 25.1 Å². The van der Waals surface area contributed by atoms with Gasteiger partial charge in [0, 0.05) is 22.5 Å². The Bertz CT molecular complexity index is 927. The SMILES string of the molecule is Cc1ccc2c(c1)c(N=NC(=O)c1ccc(Br)cc1)c(O)n2C. The lowest BCUT2D eigenvalue weighted by Gasteiger charge is -1.96. The Kier molecular flexibility index (Phi) is 4.00. The monoisotopic (exact) mass is 371 g/mol. The van der Waals surface area contributed by atoms with E-state index in [2.05, 4.69) is 26.2 Å². The zero-order chi connectivity index (χ0) is 16.6. The molecule has 1 heterocycles. The number of nitrogens with zero attached hydrogens (tertiary/aromatic N) is 3. The predicted octanol–water partition coefficient (Wildman–Crippen LogP) is 4.88. The number of hydrogen-bond acceptors (Lipinski definition) is 3. The molecule has 0 saturated carbocycles. The lowest BCUT2D eigenvalue weighted by molar-refractivity contribution is 0.0995. The number of benzene rings is 2. The van der Waals surface area contributed by atoms with Crippen LogP contribution in [0, 0.1) is 6.92 Å². The molecular formula is C17H14BrN3O2. The van der Waals surface area contributed by atoms with Crippen molar-refractivity contribution in [2.75, 3.05) is 0 Å². The number of fused-ring (bicyclic) bond motifs is 1. The Hall–Kier alpha value is -2.47. The number of aryl methyl sites for hydroxylation is 2. The molecular weight excluding hydrogens is 358 g/mol. The molecule has 0 radical (unpaired) electrons. The summed E-state index contributed by atoms with van der Waals surface area (Å²) in [5, 5.41) is 18.7. The Labute approximate surface area is 141 Å². The highest BCUT2D eigenvalue weighted by Gasteiger charge is 2.15. The second-order valence-electron chi connectivity index (χ2n) is 5.26. The van der Waals surface area contributed by atoms with Gasteiger partial charge in [0.15, 0.2) is 5.69 Å². The molecule has 23 heavy (non-hydrogen) atoms. The van der Waals surface area contributed by atoms with Crippen LogP contribution >= 0.6 is 15.9 Å². The van der Waals surface area contributed by atoms with Gasteiger partial charge in [0.2, 0.25) is 5.88 Å². The number of rotatable bonds is 2. The standard InChI is InChI=1S/C17H14BrN3O2/c1-10-3-8-14-13(9-10)15(17(23)21(14)2)19-20-16(22)11-4-6-12(18)7-5-11/h3-9,23H,1-2H3. The van der Waals surface area contributed by atoms with E-state index in [1.165, 1.54) is 0 Å². The molecule has 3 rings (SSSR count). The van der Waals surface area contributed by atoms with Gasteiger partial charge in [-0.05, 0) is 43.3 Å². The highest BCUT2D eigenvalue weighted by atomic mass is 79.9. The van der Waals surface area contributed by atoms with Crippen molar-refractivity contribution in [3.05, 3.63) is 58.1 Å². The van der Waals surface area contributed by atoms with Gasteiger partial charge in [-0.1, -0.05) is 27.6 Å². The van der Waals surface area contributed by atoms with Gasteiger partial charge in [-0.2, -0.15) is 0 Å². The molecule has 1 N–H and O–H groups in total. The fraction of sp³-hybridized carbons (Fsp3) is 0.118. The van der Waals surface area contributed by atoms with Crippen molar-refractivity contribution in [2.45, 2.75) is 6.92 Å². The Balaban J connectivity index is 2.01. The first kappa shape index (κ1) is 15.4. The summed E-state index contributed by atoms with van der Waals surface area (Å²) in [7, 11) is 1.74. The summed E-state index contributed by atoms with van der Waals surface area (Å²) in [5.41, 5.74) is 2.61. The number of carbonyl (C=O) groups is 1. The van der Waals surface area contributed by atoms with Crippen LogP contribution in [-0.4, -0.2) is 15.6 Å². The fourth-order valence-electron chi connectivity index (χ4n) is 2.37. The van der Waals surface area contributed by atoms with Crippen LogP contribution in [-0.2, 0) is 7.05 Å². The Morgan fingerprint density at radius 1 is 1.17 bits per heavy atom. The first-order valence-electron chi connectivity index (χ1n) is 6.97. The van der Waals surface area contributed by atoms with Crippen molar-refractivity contribution in [3.63, 3.8) is 0 Å². The van der Waals surface area contributed by atoms with Crippen LogP contribution in [0.1, 0.15) is 15.9 Å². The smallest absolute Gasteiger partial charge is 0.295 e. The summed E-state index contributed by atoms with van der Waals surface area (Å²) in [4.78, 5) is 12.1. The van der Waals surface area contributed by atoms with E-state index in [9.17, 15) is 9.90 Å². The van der Waals surface area contributed by atoms with Crippen molar-refractivity contribution in [1.82, 2.24) is 4.57 Å². The molecule has 1 aromatic heterocycles. The topological polar surface area (TPSA) is 66.9 Å². The van der Waals surface area contributed by atoms with Gasteiger partial charge in [-0.15, -0.1) is 10.2 Å². The Morgan fingerprint density at radius 3 is 2.57 bits per heavy atom. The largest absolute Gasteiger partial charge is 0.493 e. The maximum Gasteiger partial charge on any atom is 0.295 e. The van der Waals surface area contributed by atoms with Crippen molar-refractivity contribution >= 4 is 38.4 Å². The molecule has 3 aromatic rings. The van der Waals surface area contributed by atoms with Crippen LogP contribution in [0.3, 0.4) is 0 Å². The number of carbonyl (C=O) groups excluding carboxylic acids is 1. The number of amides is 1. The van der Waals surface area contributed by atoms with E-state index in [4.69, 9.17) is 0 Å². The zero-order valence-electron chi connectivity index (χ0n) is 12.6. The minimum atomic E-state index is -0.457. The van der Waals surface area contributed by atoms with E-state index in [1.54, 1.807) is 35.9 Å². The second-order valence-corrected chi connectivity index (χ2v) is 6.18. The molecule has 0 aliphatic rings. The molecule has 0 unspecified atom stereocenters. The van der Waals surface area contributed by atoms with Gasteiger partial charge in [-0.25, -0.2) is 0 Å². The van der Waals surface area contributed by atoms with Gasteiger partial charge >= 0.3 is 0 Å². The summed E-state index contributed by atoms with van der Waals surface area (Å²) in [6, 6.07) is 12.6. The maximum absolute atomic E-state index is 12.1. The predicted molar refractivity (Wildman–Crippen MR) is 92.3 cm³/mol. The first-order valence-corrected chi connectivity index (χ1v) is 7.76. The highest BCUT2D eigenvalue weighted by Crippen LogP contribution is 2.38. The summed E-state index contributed by atoms with van der Waals surface area (Å²) in [6.45, 7) is 1.96. The van der Waals surface area contributed by atoms with Gasteiger partial charge in [0.05, 0.1) is 5.52 Å². The lowest BCUT2D eigenvalue weighted by atomic mass is 10.1. The van der Waals surface area contributed by atoms with Crippen molar-refractivity contribution in [1.29, 1.82) is 0 Å². The van der Waals surface area contributed by atoms with Crippen LogP contribution in [0.15, 0.2) is 57.2 Å². The van der Waals surface area contributed by atoms with Gasteiger partial charge < -0.3 is 9.67 Å². The molecule has 2 aromatic carbocycles. The second kappa shape index (κ2) is 5.96. The van der Waals surface area contributed by atoms with E-state index in [0.29, 0.717) is 11.3 Å². The third-order valence-corrected chi connectivity index (χ3v) is 4.16. The number of aromatic nitrogens is 1. The van der Waals surface area contributed by atoms with Crippen LogP contribution in [0.25, 0.3) is 10.9 Å². The maximum atomic E-state index is 12.1. The fourth-order valence-corrected chi connectivity index (χ4v) is 2.63. The minimum absolute atomic E-state index is 0.0158. The van der Waals surface area contributed by atoms with Gasteiger partial charge in [0.25, 0.3) is 5.91 Å². The molecule has 0 fully saturated rings. The minimum Gasteiger partial charge on any atom is -0.493 e. The average molecular weight is 372 g/mol. The third-order valence-electron chi connectivity index (χ3n) is 3.63. The lowest BCUT2D eigenvalue weighted by Crippen LogP contribution is -1.92. The van der Waals surface area contributed by atoms with E-state index >= 15 is 0 Å². The Morgan fingerprint density at radius 2 is 1.87 bits per heavy atom. The third kappa shape index (κ3) is 2.90. The van der Waals surface area contributed by atoms with Gasteiger partial charge in [-0.3, -0.25) is 4.79 Å². The van der Waals surface area contributed by atoms with Crippen LogP contribution < -0.4 is 0 Å². The number of halogens is 1. The van der Waals surface area contributed by atoms with Crippen molar-refractivity contribution in [2.24, 2.45) is 17.3 Å². The first-order chi connectivity index (χ1) is 11.0. The highest BCUT2D eigenvalue weighted by molar-refractivity contribution is 9.10. The molecule has 0 aliphatic carbocycles. The van der Waals surface area contributed by atoms with Crippen LogP contribution in [0.2, 0.25) is 0 Å². The van der Waals surface area contributed by atoms with E-state index in [0.717, 1.165) is 20.9 Å². The van der Waals surface area contributed by atoms with Crippen molar-refractivity contribution in [3.8, 4) is 5.88 Å². The molecule has 0 bridgehead atoms. The van der Waals surface area contributed by atoms with Crippen LogP contribution in [0.4, 0.5) is 5.69 Å². The zero-order valence-corrected chi connectivity index (χ0v) is 14.2. The molecule has 1 amide bonds. The van der Waals surface area contributed by atoms with Crippen LogP contribution in [0.5, 0.6) is 5.88 Å². The molecule has 6 heteroatoms. The molecule has 0 saturated heterocycles. The molecule has 0 spiro atoms. The number of aromatic hydroxyl groups is 1. The molecule has 5 nitrogen and oxygen atoms in total. The summed E-state index contributed by atoms with van der Waals surface area (Å²) < 4.78 is 2.50. The average Bonchev–Trinajstić information content (AvgIpc) is 2.77.